The number of hydrogen-bond acceptors (Lipinski definition) is 3. The van der Waals surface area contributed by atoms with Crippen LogP contribution in [0.2, 0.25) is 0 Å². The number of nitrogens with zero attached hydrogens (tertiary/aromatic N) is 2. The molecule has 3 rings (SSSR count). The van der Waals surface area contributed by atoms with Crippen LogP contribution in [0.1, 0.15) is 25.0 Å². The second-order valence-corrected chi connectivity index (χ2v) is 7.29. The first-order chi connectivity index (χ1) is 14.5. The number of rotatable bonds is 7. The third-order valence-electron chi connectivity index (χ3n) is 4.91. The SMILES string of the molecule is CCNC(=NCC(=O)N1CCc2ccccc2C1)NCC(C)Oc1ccc(F)cc1.I. The molecule has 1 amide bonds. The minimum atomic E-state index is -0.295. The molecule has 1 heterocycles. The molecular weight excluding hydrogens is 510 g/mol. The molecule has 1 unspecified atom stereocenters. The van der Waals surface area contributed by atoms with Gasteiger partial charge in [-0.25, -0.2) is 9.38 Å². The number of benzene rings is 2. The van der Waals surface area contributed by atoms with Crippen LogP contribution in [0.3, 0.4) is 0 Å². The number of carbonyl (C=O) groups excluding carboxylic acids is 1. The zero-order valence-electron chi connectivity index (χ0n) is 17.9. The average molecular weight is 540 g/mol. The molecule has 0 spiro atoms. The second-order valence-electron chi connectivity index (χ2n) is 7.29. The molecule has 31 heavy (non-hydrogen) atoms. The normalized spacial score (nSPS) is 14.2. The van der Waals surface area contributed by atoms with E-state index in [0.29, 0.717) is 31.3 Å². The molecule has 6 nitrogen and oxygen atoms in total. The van der Waals surface area contributed by atoms with E-state index in [1.54, 1.807) is 12.1 Å². The van der Waals surface area contributed by atoms with Crippen LogP contribution in [-0.2, 0) is 17.8 Å². The number of fused-ring (bicyclic) bond motifs is 1. The summed E-state index contributed by atoms with van der Waals surface area (Å²) in [7, 11) is 0. The molecule has 0 fully saturated rings. The van der Waals surface area contributed by atoms with E-state index in [0.717, 1.165) is 13.0 Å². The van der Waals surface area contributed by atoms with E-state index in [-0.39, 0.29) is 48.3 Å². The molecule has 8 heteroatoms. The van der Waals surface area contributed by atoms with Gasteiger partial charge in [0.2, 0.25) is 5.91 Å². The Morgan fingerprint density at radius 3 is 2.58 bits per heavy atom. The first kappa shape index (κ1) is 24.9. The molecule has 0 aliphatic carbocycles. The van der Waals surface area contributed by atoms with Crippen molar-refractivity contribution < 1.29 is 13.9 Å². The Hall–Kier alpha value is -2.36. The minimum absolute atomic E-state index is 0. The highest BCUT2D eigenvalue weighted by atomic mass is 127. The van der Waals surface area contributed by atoms with Gasteiger partial charge in [-0.05, 0) is 55.7 Å². The predicted molar refractivity (Wildman–Crippen MR) is 131 cm³/mol. The molecule has 2 aromatic carbocycles. The summed E-state index contributed by atoms with van der Waals surface area (Å²) in [6.07, 6.45) is 0.718. The Morgan fingerprint density at radius 2 is 1.87 bits per heavy atom. The van der Waals surface area contributed by atoms with Gasteiger partial charge < -0.3 is 20.3 Å². The van der Waals surface area contributed by atoms with Gasteiger partial charge in [0.05, 0.1) is 6.54 Å². The van der Waals surface area contributed by atoms with Crippen molar-refractivity contribution in [2.45, 2.75) is 32.9 Å². The van der Waals surface area contributed by atoms with Crippen LogP contribution in [0.5, 0.6) is 5.75 Å². The Labute approximate surface area is 200 Å². The Kier molecular flexibility index (Phi) is 10.0. The molecule has 0 radical (unpaired) electrons. The largest absolute Gasteiger partial charge is 0.489 e. The maximum atomic E-state index is 13.0. The van der Waals surface area contributed by atoms with Crippen molar-refractivity contribution in [3.8, 4) is 5.75 Å². The van der Waals surface area contributed by atoms with Crippen LogP contribution < -0.4 is 15.4 Å². The van der Waals surface area contributed by atoms with Crippen molar-refractivity contribution >= 4 is 35.8 Å². The summed E-state index contributed by atoms with van der Waals surface area (Å²) in [6, 6.07) is 14.2. The predicted octanol–water partition coefficient (Wildman–Crippen LogP) is 3.35. The first-order valence-electron chi connectivity index (χ1n) is 10.3. The molecule has 0 aromatic heterocycles. The van der Waals surface area contributed by atoms with Crippen molar-refractivity contribution in [3.63, 3.8) is 0 Å². The number of ether oxygens (including phenoxy) is 1. The fourth-order valence-electron chi connectivity index (χ4n) is 3.32. The number of amides is 1. The highest BCUT2D eigenvalue weighted by molar-refractivity contribution is 14.0. The Balaban J connectivity index is 0.00000341. The molecule has 1 aliphatic heterocycles. The minimum Gasteiger partial charge on any atom is -0.489 e. The average Bonchev–Trinajstić information content (AvgIpc) is 2.76. The van der Waals surface area contributed by atoms with Gasteiger partial charge >= 0.3 is 0 Å². The van der Waals surface area contributed by atoms with E-state index >= 15 is 0 Å². The van der Waals surface area contributed by atoms with Crippen LogP contribution in [0, 0.1) is 5.82 Å². The Bertz CT molecular complexity index is 876. The summed E-state index contributed by atoms with van der Waals surface area (Å²) in [4.78, 5) is 18.9. The molecule has 168 valence electrons. The molecule has 0 saturated heterocycles. The lowest BCUT2D eigenvalue weighted by Crippen LogP contribution is -2.43. The maximum Gasteiger partial charge on any atom is 0.244 e. The second kappa shape index (κ2) is 12.5. The van der Waals surface area contributed by atoms with Gasteiger partial charge in [0, 0.05) is 19.6 Å². The monoisotopic (exact) mass is 540 g/mol. The summed E-state index contributed by atoms with van der Waals surface area (Å²) in [5, 5.41) is 6.34. The highest BCUT2D eigenvalue weighted by Crippen LogP contribution is 2.18. The molecule has 2 aromatic rings. The van der Waals surface area contributed by atoms with Crippen LogP contribution in [0.4, 0.5) is 4.39 Å². The Morgan fingerprint density at radius 1 is 1.16 bits per heavy atom. The van der Waals surface area contributed by atoms with E-state index < -0.39 is 0 Å². The fourth-order valence-corrected chi connectivity index (χ4v) is 3.32. The van der Waals surface area contributed by atoms with Crippen molar-refractivity contribution in [3.05, 3.63) is 65.5 Å². The summed E-state index contributed by atoms with van der Waals surface area (Å²) in [5.41, 5.74) is 2.52. The molecule has 0 saturated carbocycles. The van der Waals surface area contributed by atoms with Crippen molar-refractivity contribution in [1.29, 1.82) is 0 Å². The van der Waals surface area contributed by atoms with Crippen LogP contribution in [0.15, 0.2) is 53.5 Å². The van der Waals surface area contributed by atoms with Crippen LogP contribution in [-0.4, -0.2) is 49.0 Å². The number of aliphatic imine (C=N–C) groups is 1. The van der Waals surface area contributed by atoms with Gasteiger partial charge in [0.15, 0.2) is 5.96 Å². The van der Waals surface area contributed by atoms with Gasteiger partial charge in [0.1, 0.15) is 24.2 Å². The number of guanidine groups is 1. The third kappa shape index (κ3) is 7.68. The maximum absolute atomic E-state index is 13.0. The van der Waals surface area contributed by atoms with Gasteiger partial charge in [-0.3, -0.25) is 4.79 Å². The summed E-state index contributed by atoms with van der Waals surface area (Å²) in [5.74, 6) is 0.889. The zero-order chi connectivity index (χ0) is 21.3. The van der Waals surface area contributed by atoms with E-state index in [2.05, 4.69) is 27.8 Å². The summed E-state index contributed by atoms with van der Waals surface area (Å²) in [6.45, 7) is 6.51. The quantitative estimate of drug-likeness (QED) is 0.321. The fraction of sp³-hybridized carbons (Fsp3) is 0.391. The van der Waals surface area contributed by atoms with E-state index in [1.807, 2.05) is 30.9 Å². The van der Waals surface area contributed by atoms with Crippen LogP contribution in [0.25, 0.3) is 0 Å². The molecule has 1 atom stereocenters. The first-order valence-corrected chi connectivity index (χ1v) is 10.3. The smallest absolute Gasteiger partial charge is 0.244 e. The van der Waals surface area contributed by atoms with Crippen molar-refractivity contribution in [2.24, 2.45) is 4.99 Å². The van der Waals surface area contributed by atoms with Gasteiger partial charge in [0.25, 0.3) is 0 Å². The molecule has 1 aliphatic rings. The zero-order valence-corrected chi connectivity index (χ0v) is 20.3. The van der Waals surface area contributed by atoms with E-state index in [4.69, 9.17) is 4.74 Å². The van der Waals surface area contributed by atoms with Crippen molar-refractivity contribution in [2.75, 3.05) is 26.2 Å². The van der Waals surface area contributed by atoms with Gasteiger partial charge in [-0.1, -0.05) is 24.3 Å². The van der Waals surface area contributed by atoms with Crippen molar-refractivity contribution in [1.82, 2.24) is 15.5 Å². The number of carbonyl (C=O) groups is 1. The number of nitrogens with one attached hydrogen (secondary N) is 2. The van der Waals surface area contributed by atoms with Gasteiger partial charge in [-0.2, -0.15) is 0 Å². The number of hydrogen-bond donors (Lipinski definition) is 2. The van der Waals surface area contributed by atoms with Gasteiger partial charge in [-0.15, -0.1) is 24.0 Å². The lowest BCUT2D eigenvalue weighted by Gasteiger charge is -2.28. The summed E-state index contributed by atoms with van der Waals surface area (Å²) >= 11 is 0. The standard InChI is InChI=1S/C23H29FN4O2.HI/c1-3-25-23(26-14-17(2)30-21-10-8-20(24)9-11-21)27-15-22(29)28-13-12-18-6-4-5-7-19(18)16-28;/h4-11,17H,3,12-16H2,1-2H3,(H2,25,26,27);1H. The van der Waals surface area contributed by atoms with E-state index in [9.17, 15) is 9.18 Å². The lowest BCUT2D eigenvalue weighted by molar-refractivity contribution is -0.130. The highest BCUT2D eigenvalue weighted by Gasteiger charge is 2.20. The lowest BCUT2D eigenvalue weighted by atomic mass is 10.00. The molecule has 0 bridgehead atoms. The molecule has 2 N–H and O–H groups in total. The third-order valence-corrected chi connectivity index (χ3v) is 4.91. The van der Waals surface area contributed by atoms with Crippen LogP contribution >= 0.6 is 24.0 Å². The number of halogens is 2. The summed E-state index contributed by atoms with van der Waals surface area (Å²) < 4.78 is 18.8. The van der Waals surface area contributed by atoms with E-state index in [1.165, 1.54) is 23.3 Å². The molecular formula is C23H30FIN4O2. The topological polar surface area (TPSA) is 66.0 Å².